The summed E-state index contributed by atoms with van der Waals surface area (Å²) in [7, 11) is 2.99. The molecule has 7 nitrogen and oxygen atoms in total. The quantitative estimate of drug-likeness (QED) is 0.840. The van der Waals surface area contributed by atoms with Crippen LogP contribution in [0.3, 0.4) is 0 Å². The Labute approximate surface area is 164 Å². The van der Waals surface area contributed by atoms with Gasteiger partial charge in [-0.2, -0.15) is 0 Å². The molecular weight excluding hydrogens is 372 g/mol. The van der Waals surface area contributed by atoms with E-state index in [0.29, 0.717) is 48.0 Å². The SMILES string of the molecule is COc1cc(C(=O)N2CCC(NC(=O)OC(C)(C)C)CC2)cc(Cl)c1OC. The van der Waals surface area contributed by atoms with E-state index in [0.717, 1.165) is 0 Å². The lowest BCUT2D eigenvalue weighted by molar-refractivity contribution is 0.0473. The number of hydrogen-bond donors (Lipinski definition) is 1. The minimum atomic E-state index is -0.534. The Balaban J connectivity index is 1.97. The van der Waals surface area contributed by atoms with Crippen molar-refractivity contribution < 1.29 is 23.8 Å². The molecule has 2 amide bonds. The zero-order valence-corrected chi connectivity index (χ0v) is 17.2. The van der Waals surface area contributed by atoms with Gasteiger partial charge in [0.1, 0.15) is 5.60 Å². The molecule has 1 aromatic carbocycles. The molecule has 2 rings (SSSR count). The number of rotatable bonds is 4. The van der Waals surface area contributed by atoms with E-state index < -0.39 is 11.7 Å². The lowest BCUT2D eigenvalue weighted by atomic mass is 10.0. The van der Waals surface area contributed by atoms with Crippen LogP contribution in [0.5, 0.6) is 11.5 Å². The number of nitrogens with one attached hydrogen (secondary N) is 1. The molecule has 150 valence electrons. The molecule has 0 radical (unpaired) electrons. The van der Waals surface area contributed by atoms with Gasteiger partial charge >= 0.3 is 6.09 Å². The molecule has 0 atom stereocenters. The van der Waals surface area contributed by atoms with E-state index in [1.54, 1.807) is 17.0 Å². The Bertz CT molecular complexity index is 694. The van der Waals surface area contributed by atoms with Gasteiger partial charge in [0.05, 0.1) is 19.2 Å². The van der Waals surface area contributed by atoms with Crippen molar-refractivity contribution in [2.24, 2.45) is 0 Å². The first-order chi connectivity index (χ1) is 12.6. The van der Waals surface area contributed by atoms with Gasteiger partial charge in [0.25, 0.3) is 5.91 Å². The van der Waals surface area contributed by atoms with Crippen LogP contribution in [0, 0.1) is 0 Å². The van der Waals surface area contributed by atoms with E-state index >= 15 is 0 Å². The van der Waals surface area contributed by atoms with Gasteiger partial charge in [0, 0.05) is 24.7 Å². The highest BCUT2D eigenvalue weighted by molar-refractivity contribution is 6.32. The number of nitrogens with zero attached hydrogens (tertiary/aromatic N) is 1. The molecule has 1 aromatic rings. The largest absolute Gasteiger partial charge is 0.493 e. The first kappa shape index (κ1) is 21.2. The molecule has 0 spiro atoms. The van der Waals surface area contributed by atoms with Crippen molar-refractivity contribution in [3.63, 3.8) is 0 Å². The predicted molar refractivity (Wildman–Crippen MR) is 103 cm³/mol. The standard InChI is InChI=1S/C19H27ClN2O5/c1-19(2,3)27-18(24)21-13-6-8-22(9-7-13)17(23)12-10-14(20)16(26-5)15(11-12)25-4/h10-11,13H,6-9H2,1-5H3,(H,21,24). The van der Waals surface area contributed by atoms with E-state index in [2.05, 4.69) is 5.32 Å². The molecule has 0 bridgehead atoms. The zero-order valence-electron chi connectivity index (χ0n) is 16.4. The second-order valence-corrected chi connectivity index (χ2v) is 7.81. The summed E-state index contributed by atoms with van der Waals surface area (Å²) in [4.78, 5) is 26.4. The van der Waals surface area contributed by atoms with E-state index in [1.807, 2.05) is 20.8 Å². The van der Waals surface area contributed by atoms with Crippen LogP contribution >= 0.6 is 11.6 Å². The number of likely N-dealkylation sites (tertiary alicyclic amines) is 1. The average Bonchev–Trinajstić information content (AvgIpc) is 2.59. The number of benzene rings is 1. The normalized spacial score (nSPS) is 15.3. The average molecular weight is 399 g/mol. The maximum Gasteiger partial charge on any atom is 0.407 e. The van der Waals surface area contributed by atoms with Gasteiger partial charge in [0.2, 0.25) is 0 Å². The number of methoxy groups -OCH3 is 2. The summed E-state index contributed by atoms with van der Waals surface area (Å²) < 4.78 is 15.7. The van der Waals surface area contributed by atoms with Crippen molar-refractivity contribution in [3.05, 3.63) is 22.7 Å². The number of amides is 2. The van der Waals surface area contributed by atoms with Crippen LogP contribution in [0.15, 0.2) is 12.1 Å². The third kappa shape index (κ3) is 5.66. The van der Waals surface area contributed by atoms with Gasteiger partial charge in [-0.3, -0.25) is 4.79 Å². The smallest absolute Gasteiger partial charge is 0.407 e. The molecule has 1 N–H and O–H groups in total. The summed E-state index contributed by atoms with van der Waals surface area (Å²) in [6.45, 7) is 6.53. The molecule has 1 aliphatic rings. The van der Waals surface area contributed by atoms with Crippen LogP contribution in [0.1, 0.15) is 44.0 Å². The van der Waals surface area contributed by atoms with Gasteiger partial charge in [0.15, 0.2) is 11.5 Å². The summed E-state index contributed by atoms with van der Waals surface area (Å²) in [6, 6.07) is 3.19. The van der Waals surface area contributed by atoms with Crippen molar-refractivity contribution >= 4 is 23.6 Å². The van der Waals surface area contributed by atoms with Crippen LogP contribution in [0.25, 0.3) is 0 Å². The second-order valence-electron chi connectivity index (χ2n) is 7.41. The van der Waals surface area contributed by atoms with Crippen LogP contribution < -0.4 is 14.8 Å². The van der Waals surface area contributed by atoms with Gasteiger partial charge in [-0.15, -0.1) is 0 Å². The summed E-state index contributed by atoms with van der Waals surface area (Å²) >= 11 is 6.19. The highest BCUT2D eigenvalue weighted by Gasteiger charge is 2.27. The molecule has 1 fully saturated rings. The summed E-state index contributed by atoms with van der Waals surface area (Å²) in [5.74, 6) is 0.680. The Hall–Kier alpha value is -2.15. The predicted octanol–water partition coefficient (Wildman–Crippen LogP) is 3.49. The third-order valence-corrected chi connectivity index (χ3v) is 4.46. The highest BCUT2D eigenvalue weighted by Crippen LogP contribution is 2.36. The minimum absolute atomic E-state index is 0.0158. The number of ether oxygens (including phenoxy) is 3. The van der Waals surface area contributed by atoms with Crippen LogP contribution in [0.2, 0.25) is 5.02 Å². The van der Waals surface area contributed by atoms with Crippen molar-refractivity contribution in [1.82, 2.24) is 10.2 Å². The highest BCUT2D eigenvalue weighted by atomic mass is 35.5. The molecule has 8 heteroatoms. The monoisotopic (exact) mass is 398 g/mol. The minimum Gasteiger partial charge on any atom is -0.493 e. The van der Waals surface area contributed by atoms with Crippen LogP contribution in [-0.4, -0.2) is 55.9 Å². The molecule has 27 heavy (non-hydrogen) atoms. The fraction of sp³-hybridized carbons (Fsp3) is 0.579. The second kappa shape index (κ2) is 8.69. The van der Waals surface area contributed by atoms with Crippen molar-refractivity contribution in [1.29, 1.82) is 0 Å². The molecule has 0 unspecified atom stereocenters. The first-order valence-electron chi connectivity index (χ1n) is 8.85. The van der Waals surface area contributed by atoms with E-state index in [1.165, 1.54) is 14.2 Å². The molecule has 0 aliphatic carbocycles. The molecule has 1 saturated heterocycles. The fourth-order valence-corrected chi connectivity index (χ4v) is 3.21. The maximum atomic E-state index is 12.8. The Morgan fingerprint density at radius 3 is 2.30 bits per heavy atom. The molecule has 0 aromatic heterocycles. The number of piperidine rings is 1. The molecule has 1 aliphatic heterocycles. The van der Waals surface area contributed by atoms with Crippen molar-refractivity contribution in [3.8, 4) is 11.5 Å². The molecule has 1 heterocycles. The first-order valence-corrected chi connectivity index (χ1v) is 9.22. The van der Waals surface area contributed by atoms with Crippen molar-refractivity contribution in [2.45, 2.75) is 45.3 Å². The zero-order chi connectivity index (χ0) is 20.2. The van der Waals surface area contributed by atoms with Gasteiger partial charge in [-0.1, -0.05) is 11.6 Å². The lowest BCUT2D eigenvalue weighted by Crippen LogP contribution is -2.47. The van der Waals surface area contributed by atoms with Gasteiger partial charge < -0.3 is 24.4 Å². The topological polar surface area (TPSA) is 77.1 Å². The van der Waals surface area contributed by atoms with E-state index in [-0.39, 0.29) is 11.9 Å². The summed E-state index contributed by atoms with van der Waals surface area (Å²) in [6.07, 6.45) is 0.886. The summed E-state index contributed by atoms with van der Waals surface area (Å²) in [5, 5.41) is 3.18. The number of carbonyl (C=O) groups is 2. The number of halogens is 1. The lowest BCUT2D eigenvalue weighted by Gasteiger charge is -2.33. The van der Waals surface area contributed by atoms with Gasteiger partial charge in [-0.25, -0.2) is 4.79 Å². The number of hydrogen-bond acceptors (Lipinski definition) is 5. The molecular formula is C19H27ClN2O5. The Kier molecular flexibility index (Phi) is 6.81. The third-order valence-electron chi connectivity index (χ3n) is 4.18. The van der Waals surface area contributed by atoms with E-state index in [9.17, 15) is 9.59 Å². The van der Waals surface area contributed by atoms with Crippen LogP contribution in [-0.2, 0) is 4.74 Å². The number of alkyl carbamates (subject to hydrolysis) is 1. The molecule has 0 saturated carbocycles. The number of carbonyl (C=O) groups excluding carboxylic acids is 2. The van der Waals surface area contributed by atoms with E-state index in [4.69, 9.17) is 25.8 Å². The Morgan fingerprint density at radius 1 is 1.15 bits per heavy atom. The summed E-state index contributed by atoms with van der Waals surface area (Å²) in [5.41, 5.74) is -0.0934. The van der Waals surface area contributed by atoms with Crippen molar-refractivity contribution in [2.75, 3.05) is 27.3 Å². The van der Waals surface area contributed by atoms with Crippen LogP contribution in [0.4, 0.5) is 4.79 Å². The maximum absolute atomic E-state index is 12.8. The van der Waals surface area contributed by atoms with Gasteiger partial charge in [-0.05, 0) is 45.7 Å². The fourth-order valence-electron chi connectivity index (χ4n) is 2.93. The Morgan fingerprint density at radius 2 is 1.78 bits per heavy atom.